The lowest BCUT2D eigenvalue weighted by Gasteiger charge is -2.33. The van der Waals surface area contributed by atoms with Crippen LogP contribution in [0.4, 0.5) is 0 Å². The van der Waals surface area contributed by atoms with E-state index >= 15 is 9.59 Å². The second-order valence-electron chi connectivity index (χ2n) is 29.3. The predicted molar refractivity (Wildman–Crippen MR) is 469 cm³/mol. The highest BCUT2D eigenvalue weighted by Crippen LogP contribution is 2.41. The molecule has 0 unspecified atom stereocenters. The second kappa shape index (κ2) is 69.0. The predicted octanol–water partition coefficient (Wildman–Crippen LogP) is 7.58. The Balaban J connectivity index is 1.59. The molecule has 1 N–H and O–H groups in total. The third-order valence-corrected chi connectivity index (χ3v) is 17.7. The van der Waals surface area contributed by atoms with E-state index in [2.05, 4.69) is 5.32 Å². The average molecular weight is 1810 g/mol. The Morgan fingerprint density at radius 1 is 0.289 bits per heavy atom. The van der Waals surface area contributed by atoms with E-state index in [0.717, 1.165) is 27.8 Å². The zero-order chi connectivity index (χ0) is 92.3. The molecule has 0 radical (unpaired) electrons. The van der Waals surface area contributed by atoms with Gasteiger partial charge in [0.15, 0.2) is 23.0 Å². The summed E-state index contributed by atoms with van der Waals surface area (Å²) >= 11 is 0. The Morgan fingerprint density at radius 3 is 0.844 bits per heavy atom. The number of carbonyl (C=O) groups is 6. The van der Waals surface area contributed by atoms with E-state index < -0.39 is 49.2 Å². The lowest BCUT2D eigenvalue weighted by molar-refractivity contribution is -0.146. The number of hydrogen-bond donors (Lipinski definition) is 1. The number of benzene rings is 5. The second-order valence-corrected chi connectivity index (χ2v) is 29.3. The summed E-state index contributed by atoms with van der Waals surface area (Å²) in [5.74, 6) is -4.30. The van der Waals surface area contributed by atoms with Gasteiger partial charge in [0.25, 0.3) is 5.91 Å². The van der Waals surface area contributed by atoms with Crippen LogP contribution in [0.15, 0.2) is 91.0 Å². The molecule has 0 saturated carbocycles. The lowest BCUT2D eigenvalue weighted by atomic mass is 10.0. The van der Waals surface area contributed by atoms with Crippen molar-refractivity contribution < 1.29 is 157 Å². The van der Waals surface area contributed by atoms with Gasteiger partial charge in [0, 0.05) is 40.0 Å². The third-order valence-electron chi connectivity index (χ3n) is 17.7. The number of ether oxygens (including phenoxy) is 27. The fourth-order valence-corrected chi connectivity index (χ4v) is 11.4. The van der Waals surface area contributed by atoms with Gasteiger partial charge in [-0.3, -0.25) is 14.4 Å². The van der Waals surface area contributed by atoms with Gasteiger partial charge >= 0.3 is 29.8 Å². The van der Waals surface area contributed by atoms with Crippen molar-refractivity contribution in [2.24, 2.45) is 0 Å². The maximum absolute atomic E-state index is 15.9. The standard InChI is InChI=1S/C92H137N3O33/c1-71-57-72(2)60-77(59-71)89(99)126-68-92(69-127-90(100)78-61-73(3)58-74(4)62-78,93-88(98)76-63-80(118-49-41-109-31-27-105-24-21-102-9)86(124-55-47-115-33-29-107-26-23-104-11)81(64-76)119-50-42-110-32-28-106-25-22-103-10)70-128-91(101)79-65-82(120-51-43-111-35-37-113-45-53-122-84(96)17-19-94(5)6)87(125-56-48-116-34-30-108-39-40-117-67-75-15-13-12-14-16-75)83(66-79)121-52-44-112-36-38-114-46-54-123-85(97)18-20-95(7)8/h12-16,57-66H,17-56,67-70H2,1-11H3,(H,93,98). The van der Waals surface area contributed by atoms with Gasteiger partial charge in [0.05, 0.1) is 221 Å². The van der Waals surface area contributed by atoms with Crippen LogP contribution in [-0.2, 0) is 116 Å². The quantitative estimate of drug-likeness (QED) is 0.0222. The molecular formula is C92H137N3O33. The van der Waals surface area contributed by atoms with Gasteiger partial charge in [-0.25, -0.2) is 14.4 Å². The number of esters is 5. The van der Waals surface area contributed by atoms with E-state index in [9.17, 15) is 19.2 Å². The van der Waals surface area contributed by atoms with Crippen LogP contribution in [0, 0.1) is 27.7 Å². The van der Waals surface area contributed by atoms with Gasteiger partial charge in [-0.15, -0.1) is 0 Å². The normalized spacial score (nSPS) is 11.4. The Morgan fingerprint density at radius 2 is 0.547 bits per heavy atom. The van der Waals surface area contributed by atoms with Gasteiger partial charge in [-0.05, 0) is 110 Å². The Bertz CT molecular complexity index is 3640. The minimum atomic E-state index is -2.19. The first-order valence-corrected chi connectivity index (χ1v) is 43.0. The van der Waals surface area contributed by atoms with Crippen LogP contribution in [0.25, 0.3) is 0 Å². The molecule has 0 atom stereocenters. The van der Waals surface area contributed by atoms with Crippen molar-refractivity contribution in [3.05, 3.63) is 141 Å². The SMILES string of the molecule is COCCOCCOCCOc1cc(C(=O)NC(COC(=O)c2cc(C)cc(C)c2)(COC(=O)c2cc(C)cc(C)c2)COC(=O)c2cc(OCCOCCOCCOC(=O)CCN(C)C)c(OCCOCCOCCOCc3ccccc3)c(OCCOCCOCCOC(=O)CCN(C)C)c2)cc(OCCOCCOCCOC)c1OCCOCCOCCOC. The van der Waals surface area contributed by atoms with E-state index in [0.29, 0.717) is 72.6 Å². The topological polar surface area (TPSA) is 370 Å². The number of nitrogens with zero attached hydrogens (tertiary/aromatic N) is 2. The molecule has 36 heteroatoms. The third kappa shape index (κ3) is 50.3. The van der Waals surface area contributed by atoms with Crippen molar-refractivity contribution >= 4 is 35.8 Å². The largest absolute Gasteiger partial charge is 0.487 e. The number of rotatable bonds is 79. The van der Waals surface area contributed by atoms with Crippen molar-refractivity contribution in [2.75, 3.05) is 320 Å². The van der Waals surface area contributed by atoms with Crippen LogP contribution in [0.1, 0.15) is 82.1 Å². The zero-order valence-corrected chi connectivity index (χ0v) is 76.6. The van der Waals surface area contributed by atoms with Crippen LogP contribution in [0.2, 0.25) is 0 Å². The number of amides is 1. The Labute approximate surface area is 752 Å². The maximum atomic E-state index is 15.9. The summed E-state index contributed by atoms with van der Waals surface area (Å²) in [6, 6.07) is 25.5. The average Bonchev–Trinajstić information content (AvgIpc) is 0.803. The number of hydrogen-bond acceptors (Lipinski definition) is 35. The highest BCUT2D eigenvalue weighted by Gasteiger charge is 2.40. The molecule has 0 aliphatic carbocycles. The van der Waals surface area contributed by atoms with Crippen molar-refractivity contribution in [2.45, 2.75) is 52.7 Å². The number of aryl methyl sites for hydroxylation is 4. The molecule has 128 heavy (non-hydrogen) atoms. The fraction of sp³-hybridized carbons (Fsp3) is 0.609. The van der Waals surface area contributed by atoms with E-state index in [-0.39, 0.29) is 267 Å². The molecule has 718 valence electrons. The molecule has 0 aromatic heterocycles. The number of methoxy groups -OCH3 is 3. The molecule has 0 aliphatic heterocycles. The molecule has 5 aromatic carbocycles. The molecule has 0 aliphatic rings. The van der Waals surface area contributed by atoms with Crippen LogP contribution >= 0.6 is 0 Å². The maximum Gasteiger partial charge on any atom is 0.338 e. The lowest BCUT2D eigenvalue weighted by Crippen LogP contribution is -2.59. The Hall–Kier alpha value is -9.00. The smallest absolute Gasteiger partial charge is 0.338 e. The van der Waals surface area contributed by atoms with Gasteiger partial charge in [0.2, 0.25) is 11.5 Å². The van der Waals surface area contributed by atoms with Crippen molar-refractivity contribution in [1.29, 1.82) is 0 Å². The molecule has 0 heterocycles. The molecule has 0 bridgehead atoms. The first-order chi connectivity index (χ1) is 62.2. The van der Waals surface area contributed by atoms with E-state index in [1.807, 2.05) is 108 Å². The summed E-state index contributed by atoms with van der Waals surface area (Å²) < 4.78 is 158. The summed E-state index contributed by atoms with van der Waals surface area (Å²) in [7, 11) is 12.2. The Kier molecular flexibility index (Phi) is 59.0. The first-order valence-electron chi connectivity index (χ1n) is 43.0. The number of carbonyl (C=O) groups excluding carboxylic acids is 6. The zero-order valence-electron chi connectivity index (χ0n) is 76.6. The molecule has 5 rings (SSSR count). The van der Waals surface area contributed by atoms with Gasteiger partial charge in [0.1, 0.15) is 78.2 Å². The molecular weight excluding hydrogens is 1670 g/mol. The summed E-state index contributed by atoms with van der Waals surface area (Å²) in [5, 5.41) is 2.97. The minimum absolute atomic E-state index is 0.00629. The monoisotopic (exact) mass is 1810 g/mol. The van der Waals surface area contributed by atoms with Gasteiger partial charge in [-0.1, -0.05) is 64.7 Å². The molecule has 0 spiro atoms. The molecule has 5 aromatic rings. The van der Waals surface area contributed by atoms with Crippen LogP contribution < -0.4 is 33.7 Å². The van der Waals surface area contributed by atoms with Crippen molar-refractivity contribution in [1.82, 2.24) is 15.1 Å². The first kappa shape index (κ1) is 110. The number of nitrogens with one attached hydrogen (secondary N) is 1. The summed E-state index contributed by atoms with van der Waals surface area (Å²) in [4.78, 5) is 88.6. The van der Waals surface area contributed by atoms with Crippen LogP contribution in [-0.4, -0.2) is 371 Å². The highest BCUT2D eigenvalue weighted by molar-refractivity contribution is 5.97. The van der Waals surface area contributed by atoms with Gasteiger partial charge in [-0.2, -0.15) is 0 Å². The van der Waals surface area contributed by atoms with Crippen molar-refractivity contribution in [3.8, 4) is 34.5 Å². The van der Waals surface area contributed by atoms with Gasteiger partial charge < -0.3 is 143 Å². The summed E-state index contributed by atoms with van der Waals surface area (Å²) in [5.41, 5.74) is 1.76. The van der Waals surface area contributed by atoms with E-state index in [4.69, 9.17) is 128 Å². The molecule has 1 amide bonds. The minimum Gasteiger partial charge on any atom is -0.487 e. The molecule has 0 fully saturated rings. The van der Waals surface area contributed by atoms with Crippen molar-refractivity contribution in [3.63, 3.8) is 0 Å². The van der Waals surface area contributed by atoms with E-state index in [1.54, 1.807) is 45.6 Å². The fourth-order valence-electron chi connectivity index (χ4n) is 11.4. The highest BCUT2D eigenvalue weighted by atomic mass is 16.6. The van der Waals surface area contributed by atoms with E-state index in [1.165, 1.54) is 24.3 Å². The molecule has 0 saturated heterocycles. The summed E-state index contributed by atoms with van der Waals surface area (Å²) in [6.07, 6.45) is 0.471. The molecule has 36 nitrogen and oxygen atoms in total. The van der Waals surface area contributed by atoms with Crippen LogP contribution in [0.3, 0.4) is 0 Å². The van der Waals surface area contributed by atoms with Crippen LogP contribution in [0.5, 0.6) is 34.5 Å². The summed E-state index contributed by atoms with van der Waals surface area (Å²) in [6.45, 7) is 11.8.